The molecule has 1 aliphatic rings. The summed E-state index contributed by atoms with van der Waals surface area (Å²) in [5, 5.41) is 0. The Balaban J connectivity index is 1.56. The minimum Gasteiger partial charge on any atom is -0.478 e. The van der Waals surface area contributed by atoms with E-state index in [1.54, 1.807) is 0 Å². The van der Waals surface area contributed by atoms with Crippen molar-refractivity contribution in [2.45, 2.75) is 13.1 Å². The van der Waals surface area contributed by atoms with Gasteiger partial charge in [0.05, 0.1) is 0 Å². The van der Waals surface area contributed by atoms with Gasteiger partial charge >= 0.3 is 0 Å². The van der Waals surface area contributed by atoms with E-state index < -0.39 is 0 Å². The number of fused-ring (bicyclic) bond motifs is 1. The monoisotopic (exact) mass is 301 g/mol. The fourth-order valence-corrected chi connectivity index (χ4v) is 3.04. The van der Waals surface area contributed by atoms with E-state index in [0.29, 0.717) is 6.73 Å². The van der Waals surface area contributed by atoms with Crippen molar-refractivity contribution in [1.29, 1.82) is 0 Å². The largest absolute Gasteiger partial charge is 0.478 e. The highest BCUT2D eigenvalue weighted by molar-refractivity contribution is 5.65. The van der Waals surface area contributed by atoms with Crippen LogP contribution in [-0.2, 0) is 13.1 Å². The molecule has 0 aromatic heterocycles. The summed E-state index contributed by atoms with van der Waals surface area (Å²) in [4.78, 5) is 2.33. The van der Waals surface area contributed by atoms with Crippen LogP contribution in [0.2, 0.25) is 0 Å². The number of benzene rings is 3. The Hall–Kier alpha value is -2.58. The van der Waals surface area contributed by atoms with Crippen LogP contribution in [0.3, 0.4) is 0 Å². The van der Waals surface area contributed by atoms with E-state index in [2.05, 4.69) is 77.7 Å². The van der Waals surface area contributed by atoms with Gasteiger partial charge in [-0.25, -0.2) is 0 Å². The molecule has 0 spiro atoms. The van der Waals surface area contributed by atoms with E-state index in [0.717, 1.165) is 18.8 Å². The highest BCUT2D eigenvalue weighted by Crippen LogP contribution is 2.30. The zero-order valence-corrected chi connectivity index (χ0v) is 13.0. The van der Waals surface area contributed by atoms with E-state index in [1.807, 2.05) is 6.07 Å². The van der Waals surface area contributed by atoms with Crippen molar-refractivity contribution in [3.8, 4) is 16.9 Å². The fourth-order valence-electron chi connectivity index (χ4n) is 3.04. The van der Waals surface area contributed by atoms with Gasteiger partial charge < -0.3 is 4.74 Å². The Labute approximate surface area is 137 Å². The van der Waals surface area contributed by atoms with Crippen LogP contribution in [0, 0.1) is 0 Å². The molecular weight excluding hydrogens is 282 g/mol. The van der Waals surface area contributed by atoms with Gasteiger partial charge in [0.2, 0.25) is 0 Å². The van der Waals surface area contributed by atoms with Crippen molar-refractivity contribution in [3.63, 3.8) is 0 Å². The van der Waals surface area contributed by atoms with Gasteiger partial charge in [-0.2, -0.15) is 0 Å². The molecule has 0 bridgehead atoms. The van der Waals surface area contributed by atoms with Gasteiger partial charge in [0, 0.05) is 18.7 Å². The highest BCUT2D eigenvalue weighted by Gasteiger charge is 2.18. The van der Waals surface area contributed by atoms with Gasteiger partial charge in [0.25, 0.3) is 0 Å². The van der Waals surface area contributed by atoms with Gasteiger partial charge in [-0.3, -0.25) is 4.90 Å². The summed E-state index contributed by atoms with van der Waals surface area (Å²) in [5.41, 5.74) is 5.07. The molecule has 0 aliphatic carbocycles. The lowest BCUT2D eigenvalue weighted by molar-refractivity contribution is 0.0888. The van der Waals surface area contributed by atoms with Crippen LogP contribution < -0.4 is 4.74 Å². The number of nitrogens with zero attached hydrogens (tertiary/aromatic N) is 1. The molecule has 0 fully saturated rings. The number of ether oxygens (including phenoxy) is 1. The second kappa shape index (κ2) is 6.27. The molecule has 0 saturated heterocycles. The first-order valence-corrected chi connectivity index (χ1v) is 7.96. The highest BCUT2D eigenvalue weighted by atomic mass is 16.5. The van der Waals surface area contributed by atoms with E-state index in [-0.39, 0.29) is 0 Å². The smallest absolute Gasteiger partial charge is 0.142 e. The van der Waals surface area contributed by atoms with Gasteiger partial charge in [-0.05, 0) is 28.8 Å². The standard InChI is InChI=1S/C21H19NO/c1-3-7-17(8-4-1)14-22-15-20-13-19(11-12-21(20)23-16-22)18-9-5-2-6-10-18/h1-13H,14-16H2. The molecule has 3 aromatic carbocycles. The molecule has 0 atom stereocenters. The average molecular weight is 301 g/mol. The van der Waals surface area contributed by atoms with E-state index in [1.165, 1.54) is 22.3 Å². The topological polar surface area (TPSA) is 12.5 Å². The first-order chi connectivity index (χ1) is 11.4. The zero-order valence-electron chi connectivity index (χ0n) is 13.0. The predicted molar refractivity (Wildman–Crippen MR) is 93.1 cm³/mol. The Kier molecular flexibility index (Phi) is 3.83. The van der Waals surface area contributed by atoms with Crippen molar-refractivity contribution in [3.05, 3.63) is 90.0 Å². The van der Waals surface area contributed by atoms with Crippen LogP contribution in [0.1, 0.15) is 11.1 Å². The minimum absolute atomic E-state index is 0.645. The molecule has 0 N–H and O–H groups in total. The van der Waals surface area contributed by atoms with Crippen molar-refractivity contribution in [1.82, 2.24) is 4.90 Å². The molecule has 0 amide bonds. The zero-order chi connectivity index (χ0) is 15.5. The number of rotatable bonds is 3. The summed E-state index contributed by atoms with van der Waals surface area (Å²) in [5.74, 6) is 1.01. The van der Waals surface area contributed by atoms with Crippen molar-refractivity contribution < 1.29 is 4.74 Å². The quantitative estimate of drug-likeness (QED) is 0.695. The first kappa shape index (κ1) is 14.0. The van der Waals surface area contributed by atoms with Crippen LogP contribution in [0.4, 0.5) is 0 Å². The average Bonchev–Trinajstić information content (AvgIpc) is 2.63. The summed E-state index contributed by atoms with van der Waals surface area (Å²) in [6, 6.07) is 27.5. The SMILES string of the molecule is c1ccc(CN2COc3ccc(-c4ccccc4)cc3C2)cc1. The van der Waals surface area contributed by atoms with Crippen LogP contribution >= 0.6 is 0 Å². The maximum absolute atomic E-state index is 5.93. The second-order valence-electron chi connectivity index (χ2n) is 5.93. The van der Waals surface area contributed by atoms with Crippen LogP contribution in [0.5, 0.6) is 5.75 Å². The lowest BCUT2D eigenvalue weighted by Crippen LogP contribution is -2.31. The third-order valence-electron chi connectivity index (χ3n) is 4.21. The Morgan fingerprint density at radius 3 is 2.30 bits per heavy atom. The summed E-state index contributed by atoms with van der Waals surface area (Å²) in [7, 11) is 0. The van der Waals surface area contributed by atoms with Gasteiger partial charge in [-0.1, -0.05) is 66.7 Å². The molecule has 0 saturated carbocycles. The number of hydrogen-bond donors (Lipinski definition) is 0. The third kappa shape index (κ3) is 3.13. The molecule has 3 aromatic rings. The Morgan fingerprint density at radius 1 is 0.783 bits per heavy atom. The second-order valence-corrected chi connectivity index (χ2v) is 5.93. The van der Waals surface area contributed by atoms with Gasteiger partial charge in [0.15, 0.2) is 0 Å². The first-order valence-electron chi connectivity index (χ1n) is 7.96. The summed E-state index contributed by atoms with van der Waals surface area (Å²) < 4.78 is 5.93. The normalized spacial score (nSPS) is 14.1. The van der Waals surface area contributed by atoms with Crippen molar-refractivity contribution >= 4 is 0 Å². The molecular formula is C21H19NO. The van der Waals surface area contributed by atoms with E-state index in [9.17, 15) is 0 Å². The molecule has 1 heterocycles. The van der Waals surface area contributed by atoms with Gasteiger partial charge in [0.1, 0.15) is 12.5 Å². The predicted octanol–water partition coefficient (Wildman–Crippen LogP) is 4.71. The minimum atomic E-state index is 0.645. The lowest BCUT2D eigenvalue weighted by atomic mass is 10.0. The van der Waals surface area contributed by atoms with E-state index >= 15 is 0 Å². The molecule has 2 heteroatoms. The Morgan fingerprint density at radius 2 is 1.52 bits per heavy atom. The van der Waals surface area contributed by atoms with E-state index in [4.69, 9.17) is 4.74 Å². The maximum atomic E-state index is 5.93. The Bertz CT molecular complexity index is 783. The van der Waals surface area contributed by atoms with Crippen LogP contribution in [-0.4, -0.2) is 11.6 Å². The molecule has 0 unspecified atom stereocenters. The van der Waals surface area contributed by atoms with Crippen molar-refractivity contribution in [2.24, 2.45) is 0 Å². The molecule has 114 valence electrons. The van der Waals surface area contributed by atoms with Crippen LogP contribution in [0.25, 0.3) is 11.1 Å². The number of hydrogen-bond acceptors (Lipinski definition) is 2. The summed E-state index contributed by atoms with van der Waals surface area (Å²) in [6.45, 7) is 2.48. The van der Waals surface area contributed by atoms with Gasteiger partial charge in [-0.15, -0.1) is 0 Å². The van der Waals surface area contributed by atoms with Crippen molar-refractivity contribution in [2.75, 3.05) is 6.73 Å². The summed E-state index contributed by atoms with van der Waals surface area (Å²) in [6.07, 6.45) is 0. The third-order valence-corrected chi connectivity index (χ3v) is 4.21. The maximum Gasteiger partial charge on any atom is 0.142 e. The molecule has 2 nitrogen and oxygen atoms in total. The fraction of sp³-hybridized carbons (Fsp3) is 0.143. The summed E-state index contributed by atoms with van der Waals surface area (Å²) >= 11 is 0. The molecule has 1 aliphatic heterocycles. The molecule has 23 heavy (non-hydrogen) atoms. The molecule has 4 rings (SSSR count). The van der Waals surface area contributed by atoms with Crippen LogP contribution in [0.15, 0.2) is 78.9 Å². The molecule has 0 radical (unpaired) electrons. The lowest BCUT2D eigenvalue weighted by Gasteiger charge is -2.29.